The molecule has 4 nitrogen and oxygen atoms in total. The van der Waals surface area contributed by atoms with Gasteiger partial charge in [-0.05, 0) is 6.42 Å². The number of benzene rings is 1. The summed E-state index contributed by atoms with van der Waals surface area (Å²) in [5.74, 6) is 5.88. The first-order chi connectivity index (χ1) is 9.31. The summed E-state index contributed by atoms with van der Waals surface area (Å²) in [4.78, 5) is 11.3. The zero-order valence-corrected chi connectivity index (χ0v) is 10.4. The van der Waals surface area contributed by atoms with Gasteiger partial charge in [-0.1, -0.05) is 42.2 Å². The van der Waals surface area contributed by atoms with Gasteiger partial charge in [0.15, 0.2) is 0 Å². The van der Waals surface area contributed by atoms with Gasteiger partial charge in [0.1, 0.15) is 5.69 Å². The van der Waals surface area contributed by atoms with Gasteiger partial charge in [0.25, 0.3) is 5.56 Å². The third-order valence-corrected chi connectivity index (χ3v) is 2.54. The minimum absolute atomic E-state index is 0.119. The zero-order chi connectivity index (χ0) is 13.5. The van der Waals surface area contributed by atoms with Crippen LogP contribution in [-0.4, -0.2) is 21.9 Å². The van der Waals surface area contributed by atoms with E-state index in [2.05, 4.69) is 22.0 Å². The predicted octanol–water partition coefficient (Wildman–Crippen LogP) is 1.56. The monoisotopic (exact) mass is 254 g/mol. The van der Waals surface area contributed by atoms with Crippen molar-refractivity contribution in [1.82, 2.24) is 10.2 Å². The van der Waals surface area contributed by atoms with E-state index in [1.54, 1.807) is 0 Å². The molecule has 0 aliphatic carbocycles. The van der Waals surface area contributed by atoms with Crippen LogP contribution in [0.4, 0.5) is 0 Å². The number of rotatable bonds is 3. The van der Waals surface area contributed by atoms with E-state index in [0.717, 1.165) is 5.56 Å². The Morgan fingerprint density at radius 2 is 2.05 bits per heavy atom. The van der Waals surface area contributed by atoms with E-state index in [1.807, 2.05) is 30.3 Å². The maximum atomic E-state index is 11.3. The van der Waals surface area contributed by atoms with E-state index in [-0.39, 0.29) is 12.2 Å². The van der Waals surface area contributed by atoms with Crippen molar-refractivity contribution in [2.45, 2.75) is 12.8 Å². The van der Waals surface area contributed by atoms with Gasteiger partial charge >= 0.3 is 0 Å². The molecule has 2 N–H and O–H groups in total. The molecule has 0 bridgehead atoms. The van der Waals surface area contributed by atoms with E-state index < -0.39 is 0 Å². The minimum Gasteiger partial charge on any atom is -0.396 e. The van der Waals surface area contributed by atoms with E-state index >= 15 is 0 Å². The fraction of sp³-hybridized carbons (Fsp3) is 0.200. The smallest absolute Gasteiger partial charge is 0.265 e. The van der Waals surface area contributed by atoms with E-state index in [9.17, 15) is 4.79 Å². The van der Waals surface area contributed by atoms with Crippen LogP contribution in [0, 0.1) is 11.8 Å². The number of nitrogens with one attached hydrogen (secondary N) is 1. The molecule has 2 rings (SSSR count). The van der Waals surface area contributed by atoms with Crippen LogP contribution >= 0.6 is 0 Å². The van der Waals surface area contributed by atoms with Crippen LogP contribution in [0.5, 0.6) is 0 Å². The maximum absolute atomic E-state index is 11.3. The first kappa shape index (κ1) is 13.1. The Morgan fingerprint density at radius 1 is 1.26 bits per heavy atom. The Kier molecular flexibility index (Phi) is 4.49. The number of aromatic nitrogens is 2. The van der Waals surface area contributed by atoms with Crippen LogP contribution in [0.25, 0.3) is 11.3 Å². The average molecular weight is 254 g/mol. The summed E-state index contributed by atoms with van der Waals surface area (Å²) < 4.78 is 0. The average Bonchev–Trinajstić information content (AvgIpc) is 2.45. The van der Waals surface area contributed by atoms with Gasteiger partial charge in [-0.2, -0.15) is 5.10 Å². The molecule has 1 heterocycles. The van der Waals surface area contributed by atoms with E-state index in [4.69, 9.17) is 5.11 Å². The molecule has 96 valence electrons. The van der Waals surface area contributed by atoms with Crippen LogP contribution in [0.15, 0.2) is 41.2 Å². The molecule has 4 heteroatoms. The molecule has 2 aromatic rings. The second kappa shape index (κ2) is 6.53. The number of H-pyrrole nitrogens is 1. The number of nitrogens with zero attached hydrogens (tertiary/aromatic N) is 1. The highest BCUT2D eigenvalue weighted by atomic mass is 16.2. The molecule has 0 aliphatic rings. The largest absolute Gasteiger partial charge is 0.396 e. The molecule has 0 radical (unpaired) electrons. The Labute approximate surface area is 111 Å². The maximum Gasteiger partial charge on any atom is 0.265 e. The van der Waals surface area contributed by atoms with Gasteiger partial charge in [-0.3, -0.25) is 4.79 Å². The van der Waals surface area contributed by atoms with Crippen molar-refractivity contribution < 1.29 is 5.11 Å². The van der Waals surface area contributed by atoms with E-state index in [0.29, 0.717) is 24.1 Å². The van der Waals surface area contributed by atoms with Crippen molar-refractivity contribution in [1.29, 1.82) is 0 Å². The topological polar surface area (TPSA) is 66.0 Å². The molecule has 19 heavy (non-hydrogen) atoms. The Morgan fingerprint density at radius 3 is 2.79 bits per heavy atom. The molecular formula is C15H14N2O2. The molecule has 0 spiro atoms. The lowest BCUT2D eigenvalue weighted by Crippen LogP contribution is -2.08. The molecule has 0 fully saturated rings. The van der Waals surface area contributed by atoms with Crippen LogP contribution in [0.2, 0.25) is 0 Å². The standard InChI is InChI=1S/C15H14N2O2/c18-10-6-2-5-9-13-11-14(19)16-17-15(13)12-7-3-1-4-8-12/h1,3-4,7-8,11,18H,2,6,10H2,(H,16,19). The third kappa shape index (κ3) is 3.54. The lowest BCUT2D eigenvalue weighted by molar-refractivity contribution is 0.290. The first-order valence-electron chi connectivity index (χ1n) is 6.06. The quantitative estimate of drug-likeness (QED) is 0.645. The summed E-state index contributed by atoms with van der Waals surface area (Å²) in [6.45, 7) is 0.119. The number of hydrogen-bond acceptors (Lipinski definition) is 3. The molecule has 1 aromatic carbocycles. The second-order valence-corrected chi connectivity index (χ2v) is 3.99. The van der Waals surface area contributed by atoms with Crippen molar-refractivity contribution in [3.63, 3.8) is 0 Å². The third-order valence-electron chi connectivity index (χ3n) is 2.54. The van der Waals surface area contributed by atoms with Gasteiger partial charge in [-0.25, -0.2) is 5.10 Å². The number of aromatic amines is 1. The zero-order valence-electron chi connectivity index (χ0n) is 10.4. The summed E-state index contributed by atoms with van der Waals surface area (Å²) in [7, 11) is 0. The van der Waals surface area contributed by atoms with Crippen LogP contribution in [0.3, 0.4) is 0 Å². The Bertz CT molecular complexity index is 651. The number of unbranched alkanes of at least 4 members (excludes halogenated alkanes) is 1. The lowest BCUT2D eigenvalue weighted by Gasteiger charge is -2.02. The van der Waals surface area contributed by atoms with Crippen molar-refractivity contribution in [2.24, 2.45) is 0 Å². The summed E-state index contributed by atoms with van der Waals surface area (Å²) in [6, 6.07) is 11.0. The lowest BCUT2D eigenvalue weighted by atomic mass is 10.1. The number of hydrogen-bond donors (Lipinski definition) is 2. The van der Waals surface area contributed by atoms with Crippen molar-refractivity contribution in [3.8, 4) is 23.1 Å². The summed E-state index contributed by atoms with van der Waals surface area (Å²) >= 11 is 0. The predicted molar refractivity (Wildman–Crippen MR) is 73.5 cm³/mol. The molecule has 0 saturated heterocycles. The van der Waals surface area contributed by atoms with Gasteiger partial charge in [0.05, 0.1) is 5.56 Å². The van der Waals surface area contributed by atoms with Gasteiger partial charge in [0.2, 0.25) is 0 Å². The highest BCUT2D eigenvalue weighted by Gasteiger charge is 2.05. The van der Waals surface area contributed by atoms with Crippen molar-refractivity contribution in [2.75, 3.05) is 6.61 Å². The minimum atomic E-state index is -0.272. The van der Waals surface area contributed by atoms with Gasteiger partial charge < -0.3 is 5.11 Å². The van der Waals surface area contributed by atoms with Gasteiger partial charge in [0, 0.05) is 24.7 Å². The highest BCUT2D eigenvalue weighted by Crippen LogP contribution is 2.18. The SMILES string of the molecule is O=c1cc(C#CCCCO)c(-c2ccccc2)n[nH]1. The van der Waals surface area contributed by atoms with E-state index in [1.165, 1.54) is 6.07 Å². The molecule has 0 unspecified atom stereocenters. The Balaban J connectivity index is 2.38. The van der Waals surface area contributed by atoms with Crippen molar-refractivity contribution >= 4 is 0 Å². The fourth-order valence-corrected chi connectivity index (χ4v) is 1.64. The molecule has 0 saturated carbocycles. The normalized spacial score (nSPS) is 9.74. The summed E-state index contributed by atoms with van der Waals surface area (Å²) in [5, 5.41) is 15.2. The van der Waals surface area contributed by atoms with Crippen LogP contribution in [0.1, 0.15) is 18.4 Å². The second-order valence-electron chi connectivity index (χ2n) is 3.99. The highest BCUT2D eigenvalue weighted by molar-refractivity contribution is 5.66. The molecule has 0 amide bonds. The number of aliphatic hydroxyl groups excluding tert-OH is 1. The van der Waals surface area contributed by atoms with Gasteiger partial charge in [-0.15, -0.1) is 0 Å². The summed E-state index contributed by atoms with van der Waals surface area (Å²) in [5.41, 5.74) is 1.90. The summed E-state index contributed by atoms with van der Waals surface area (Å²) in [6.07, 6.45) is 1.22. The molecule has 0 aliphatic heterocycles. The molecule has 0 atom stereocenters. The van der Waals surface area contributed by atoms with Crippen LogP contribution in [-0.2, 0) is 0 Å². The fourth-order valence-electron chi connectivity index (χ4n) is 1.64. The Hall–Kier alpha value is -2.38. The molecular weight excluding hydrogens is 240 g/mol. The number of aliphatic hydroxyl groups is 1. The van der Waals surface area contributed by atoms with Crippen LogP contribution < -0.4 is 5.56 Å². The molecule has 1 aromatic heterocycles. The van der Waals surface area contributed by atoms with Crippen molar-refractivity contribution in [3.05, 3.63) is 52.3 Å². The first-order valence-corrected chi connectivity index (χ1v) is 6.06.